The third kappa shape index (κ3) is 4.42. The Kier molecular flexibility index (Phi) is 5.87. The van der Waals surface area contributed by atoms with Crippen LogP contribution in [0.1, 0.15) is 35.1 Å². The van der Waals surface area contributed by atoms with E-state index >= 15 is 0 Å². The van der Waals surface area contributed by atoms with Gasteiger partial charge in [-0.1, -0.05) is 18.2 Å². The Morgan fingerprint density at radius 1 is 0.970 bits per heavy atom. The van der Waals surface area contributed by atoms with Gasteiger partial charge in [-0.05, 0) is 86.0 Å². The predicted octanol–water partition coefficient (Wildman–Crippen LogP) is 4.36. The number of nitrogens with zero attached hydrogens (tertiary/aromatic N) is 3. The van der Waals surface area contributed by atoms with Gasteiger partial charge in [-0.25, -0.2) is 0 Å². The van der Waals surface area contributed by atoms with Gasteiger partial charge in [0.15, 0.2) is 5.75 Å². The molecule has 0 N–H and O–H groups in total. The number of para-hydroxylation sites is 1. The van der Waals surface area contributed by atoms with Crippen molar-refractivity contribution in [3.8, 4) is 5.75 Å². The maximum absolute atomic E-state index is 5.31. The van der Waals surface area contributed by atoms with Gasteiger partial charge in [-0.3, -0.25) is 0 Å². The van der Waals surface area contributed by atoms with Crippen molar-refractivity contribution in [2.24, 2.45) is 13.0 Å². The fourth-order valence-corrected chi connectivity index (χ4v) is 6.13. The summed E-state index contributed by atoms with van der Waals surface area (Å²) in [5, 5.41) is 1.42. The quantitative estimate of drug-likeness (QED) is 0.528. The monoisotopic (exact) mass is 445 g/mol. The van der Waals surface area contributed by atoms with Crippen molar-refractivity contribution in [3.63, 3.8) is 0 Å². The average Bonchev–Trinajstić information content (AvgIpc) is 3.51. The van der Waals surface area contributed by atoms with Gasteiger partial charge in [-0.2, -0.15) is 4.89 Å². The van der Waals surface area contributed by atoms with Crippen LogP contribution in [0.15, 0.2) is 42.6 Å². The highest BCUT2D eigenvalue weighted by Gasteiger charge is 2.26. The lowest BCUT2D eigenvalue weighted by Crippen LogP contribution is -2.33. The molecule has 1 atom stereocenters. The Balaban J connectivity index is 0.981. The molecular weight excluding hydrogens is 410 g/mol. The van der Waals surface area contributed by atoms with Gasteiger partial charge in [0.1, 0.15) is 6.61 Å². The molecule has 4 heterocycles. The first-order chi connectivity index (χ1) is 16.2. The molecule has 33 heavy (non-hydrogen) atoms. The summed E-state index contributed by atoms with van der Waals surface area (Å²) in [6.45, 7) is 7.91. The average molecular weight is 446 g/mol. The Morgan fingerprint density at radius 2 is 1.82 bits per heavy atom. The van der Waals surface area contributed by atoms with Crippen molar-refractivity contribution in [2.45, 2.75) is 38.7 Å². The van der Waals surface area contributed by atoms with Crippen LogP contribution >= 0.6 is 0 Å². The minimum Gasteiger partial charge on any atom is -0.350 e. The van der Waals surface area contributed by atoms with Crippen molar-refractivity contribution in [2.75, 3.05) is 39.3 Å². The highest BCUT2D eigenvalue weighted by Crippen LogP contribution is 2.31. The highest BCUT2D eigenvalue weighted by atomic mass is 17.2. The number of benzene rings is 2. The molecule has 5 nitrogen and oxygen atoms in total. The number of hydrogen-bond acceptors (Lipinski definition) is 4. The van der Waals surface area contributed by atoms with E-state index in [1.165, 1.54) is 85.1 Å². The van der Waals surface area contributed by atoms with Crippen molar-refractivity contribution in [1.29, 1.82) is 0 Å². The van der Waals surface area contributed by atoms with Gasteiger partial charge in [0.05, 0.1) is 0 Å². The number of hydrogen-bond donors (Lipinski definition) is 0. The summed E-state index contributed by atoms with van der Waals surface area (Å²) in [6.07, 6.45) is 8.35. The molecule has 3 aliphatic rings. The molecule has 174 valence electrons. The Labute approximate surface area is 196 Å². The van der Waals surface area contributed by atoms with E-state index in [1.54, 1.807) is 0 Å². The van der Waals surface area contributed by atoms with Crippen molar-refractivity contribution in [3.05, 3.63) is 64.8 Å². The molecule has 1 aromatic heterocycles. The van der Waals surface area contributed by atoms with Crippen molar-refractivity contribution >= 4 is 10.9 Å². The minimum atomic E-state index is 0.588. The van der Waals surface area contributed by atoms with Crippen molar-refractivity contribution < 1.29 is 9.78 Å². The Morgan fingerprint density at radius 3 is 2.73 bits per heavy atom. The summed E-state index contributed by atoms with van der Waals surface area (Å²) >= 11 is 0. The lowest BCUT2D eigenvalue weighted by atomic mass is 10.00. The zero-order chi connectivity index (χ0) is 22.2. The zero-order valence-electron chi connectivity index (χ0n) is 19.8. The number of fused-ring (bicyclic) bond motifs is 3. The third-order valence-electron chi connectivity index (χ3n) is 7.93. The van der Waals surface area contributed by atoms with Crippen LogP contribution < -0.4 is 4.89 Å². The molecule has 0 spiro atoms. The summed E-state index contributed by atoms with van der Waals surface area (Å²) < 4.78 is 2.27. The molecule has 5 heteroatoms. The Bertz CT molecular complexity index is 1100. The number of aromatic nitrogens is 1. The van der Waals surface area contributed by atoms with E-state index < -0.39 is 0 Å². The second kappa shape index (κ2) is 9.13. The molecule has 3 aliphatic heterocycles. The van der Waals surface area contributed by atoms with Gasteiger partial charge >= 0.3 is 0 Å². The van der Waals surface area contributed by atoms with Crippen LogP contribution in [-0.4, -0.2) is 53.6 Å². The topological polar surface area (TPSA) is 29.9 Å². The fraction of sp³-hybridized carbons (Fsp3) is 0.500. The maximum atomic E-state index is 5.31. The van der Waals surface area contributed by atoms with Gasteiger partial charge in [0, 0.05) is 55.9 Å². The summed E-state index contributed by atoms with van der Waals surface area (Å²) in [4.78, 5) is 15.9. The van der Waals surface area contributed by atoms with E-state index in [-0.39, 0.29) is 0 Å². The highest BCUT2D eigenvalue weighted by molar-refractivity contribution is 5.83. The number of aryl methyl sites for hydroxylation is 2. The van der Waals surface area contributed by atoms with E-state index in [0.717, 1.165) is 31.1 Å². The first-order valence-corrected chi connectivity index (χ1v) is 12.6. The molecule has 0 radical (unpaired) electrons. The van der Waals surface area contributed by atoms with Crippen LogP contribution in [0.2, 0.25) is 0 Å². The van der Waals surface area contributed by atoms with Crippen LogP contribution in [0.3, 0.4) is 0 Å². The summed E-state index contributed by atoms with van der Waals surface area (Å²) in [5.41, 5.74) is 6.99. The molecule has 1 unspecified atom stereocenters. The van der Waals surface area contributed by atoms with Crippen LogP contribution in [0.25, 0.3) is 10.9 Å². The molecule has 0 bridgehead atoms. The lowest BCUT2D eigenvalue weighted by Gasteiger charge is -2.24. The predicted molar refractivity (Wildman–Crippen MR) is 131 cm³/mol. The van der Waals surface area contributed by atoms with Gasteiger partial charge in [-0.15, -0.1) is 0 Å². The van der Waals surface area contributed by atoms with Crippen LogP contribution in [0.4, 0.5) is 0 Å². The SMILES string of the molecule is Cn1cc(CCCN2CCC(CN3CCc4cc5c(cc4CC3)OOC5)C2)c2ccccc21. The molecule has 6 rings (SSSR count). The maximum Gasteiger partial charge on any atom is 0.171 e. The molecule has 0 aliphatic carbocycles. The van der Waals surface area contributed by atoms with E-state index in [2.05, 4.69) is 64.0 Å². The summed E-state index contributed by atoms with van der Waals surface area (Å²) in [6, 6.07) is 13.3. The largest absolute Gasteiger partial charge is 0.350 e. The molecule has 1 saturated heterocycles. The van der Waals surface area contributed by atoms with Gasteiger partial charge in [0.25, 0.3) is 0 Å². The summed E-state index contributed by atoms with van der Waals surface area (Å²) in [5.74, 6) is 1.74. The standard InChI is InChI=1S/C28H35N3O2/c1-29-19-24(26-6-2-3-7-27(26)29)5-4-11-30-12-8-21(17-30)18-31-13-9-22-15-25-20-32-33-28(25)16-23(22)10-14-31/h2-3,6-7,15-16,19,21H,4-5,8-14,17-18,20H2,1H3. The molecule has 0 amide bonds. The minimum absolute atomic E-state index is 0.588. The van der Waals surface area contributed by atoms with E-state index in [4.69, 9.17) is 9.78 Å². The molecular formula is C28H35N3O2. The van der Waals surface area contributed by atoms with Gasteiger partial charge in [0.2, 0.25) is 0 Å². The molecule has 3 aromatic rings. The van der Waals surface area contributed by atoms with Crippen LogP contribution in [0.5, 0.6) is 5.75 Å². The van der Waals surface area contributed by atoms with Crippen LogP contribution in [-0.2, 0) is 37.8 Å². The van der Waals surface area contributed by atoms with E-state index in [0.29, 0.717) is 6.61 Å². The first-order valence-electron chi connectivity index (χ1n) is 12.6. The van der Waals surface area contributed by atoms with E-state index in [1.807, 2.05) is 0 Å². The fourth-order valence-electron chi connectivity index (χ4n) is 6.13. The zero-order valence-corrected chi connectivity index (χ0v) is 19.8. The number of rotatable bonds is 6. The van der Waals surface area contributed by atoms with Crippen LogP contribution in [0, 0.1) is 5.92 Å². The van der Waals surface area contributed by atoms with Crippen molar-refractivity contribution in [1.82, 2.24) is 14.4 Å². The third-order valence-corrected chi connectivity index (χ3v) is 7.93. The second-order valence-corrected chi connectivity index (χ2v) is 10.2. The second-order valence-electron chi connectivity index (χ2n) is 10.2. The molecule has 0 saturated carbocycles. The van der Waals surface area contributed by atoms with Gasteiger partial charge < -0.3 is 19.3 Å². The molecule has 1 fully saturated rings. The molecule has 2 aromatic carbocycles. The lowest BCUT2D eigenvalue weighted by molar-refractivity contribution is -0.194. The first kappa shape index (κ1) is 21.2. The smallest absolute Gasteiger partial charge is 0.171 e. The number of likely N-dealkylation sites (tertiary alicyclic amines) is 1. The van der Waals surface area contributed by atoms with E-state index in [9.17, 15) is 0 Å². The summed E-state index contributed by atoms with van der Waals surface area (Å²) in [7, 11) is 2.16. The normalized spacial score (nSPS) is 21.2. The Hall–Kier alpha value is -2.34.